The number of fused-ring (bicyclic) bond motifs is 1. The standard InChI is InChI=1S/C14H16N4O3S2/c1-8-7-11(21-4)5-6-12(8)17-23(19,20)13-9(2)15-14-18(13)16-10(3)22-14/h5-7,17H,1-4H3. The number of rotatable bonds is 4. The summed E-state index contributed by atoms with van der Waals surface area (Å²) in [5.41, 5.74) is 1.68. The predicted molar refractivity (Wildman–Crippen MR) is 88.9 cm³/mol. The lowest BCUT2D eigenvalue weighted by molar-refractivity contribution is 0.414. The Kier molecular flexibility index (Phi) is 3.77. The lowest BCUT2D eigenvalue weighted by Gasteiger charge is -2.11. The number of ether oxygens (including phenoxy) is 1. The number of sulfonamides is 1. The van der Waals surface area contributed by atoms with E-state index in [0.29, 0.717) is 22.1 Å². The maximum Gasteiger partial charge on any atom is 0.281 e. The van der Waals surface area contributed by atoms with E-state index >= 15 is 0 Å². The van der Waals surface area contributed by atoms with Crippen LogP contribution in [0.4, 0.5) is 5.69 Å². The molecule has 9 heteroatoms. The van der Waals surface area contributed by atoms with Crippen molar-refractivity contribution < 1.29 is 13.2 Å². The molecule has 0 unspecified atom stereocenters. The van der Waals surface area contributed by atoms with E-state index in [0.717, 1.165) is 10.6 Å². The van der Waals surface area contributed by atoms with E-state index in [4.69, 9.17) is 4.74 Å². The Hall–Kier alpha value is -2.13. The fourth-order valence-corrected chi connectivity index (χ4v) is 4.56. The van der Waals surface area contributed by atoms with Gasteiger partial charge in [0.25, 0.3) is 10.0 Å². The molecular weight excluding hydrogens is 336 g/mol. The highest BCUT2D eigenvalue weighted by Crippen LogP contribution is 2.26. The molecule has 0 amide bonds. The highest BCUT2D eigenvalue weighted by molar-refractivity contribution is 7.92. The van der Waals surface area contributed by atoms with E-state index in [1.54, 1.807) is 32.2 Å². The normalized spacial score (nSPS) is 11.8. The first-order valence-electron chi connectivity index (χ1n) is 6.82. The minimum atomic E-state index is -3.80. The van der Waals surface area contributed by atoms with Gasteiger partial charge in [-0.15, -0.1) is 0 Å². The third-order valence-corrected chi connectivity index (χ3v) is 5.65. The number of aromatic nitrogens is 3. The summed E-state index contributed by atoms with van der Waals surface area (Å²) >= 11 is 1.35. The van der Waals surface area contributed by atoms with E-state index < -0.39 is 10.0 Å². The quantitative estimate of drug-likeness (QED) is 0.780. The molecule has 23 heavy (non-hydrogen) atoms. The predicted octanol–water partition coefficient (Wildman–Crippen LogP) is 2.53. The molecule has 0 saturated carbocycles. The summed E-state index contributed by atoms with van der Waals surface area (Å²) in [6.07, 6.45) is 0. The molecule has 7 nitrogen and oxygen atoms in total. The lowest BCUT2D eigenvalue weighted by atomic mass is 10.2. The van der Waals surface area contributed by atoms with Crippen LogP contribution in [0.2, 0.25) is 0 Å². The second-order valence-electron chi connectivity index (χ2n) is 5.10. The number of aryl methyl sites for hydroxylation is 3. The number of hydrogen-bond donors (Lipinski definition) is 1. The first-order valence-corrected chi connectivity index (χ1v) is 9.12. The van der Waals surface area contributed by atoms with Crippen molar-refractivity contribution in [2.45, 2.75) is 25.8 Å². The fourth-order valence-electron chi connectivity index (χ4n) is 2.31. The Morgan fingerprint density at radius 3 is 2.65 bits per heavy atom. The number of nitrogens with zero attached hydrogens (tertiary/aromatic N) is 3. The molecule has 122 valence electrons. The topological polar surface area (TPSA) is 85.6 Å². The maximum absolute atomic E-state index is 12.8. The second-order valence-corrected chi connectivity index (χ2v) is 7.86. The smallest absolute Gasteiger partial charge is 0.281 e. The van der Waals surface area contributed by atoms with Gasteiger partial charge in [-0.05, 0) is 44.5 Å². The Morgan fingerprint density at radius 2 is 2.00 bits per heavy atom. The van der Waals surface area contributed by atoms with Gasteiger partial charge in [0.05, 0.1) is 18.5 Å². The van der Waals surface area contributed by atoms with Crippen LogP contribution < -0.4 is 9.46 Å². The average Bonchev–Trinajstić information content (AvgIpc) is 2.94. The highest BCUT2D eigenvalue weighted by Gasteiger charge is 2.26. The Labute approximate surface area is 138 Å². The first kappa shape index (κ1) is 15.8. The minimum absolute atomic E-state index is 0.0621. The first-order chi connectivity index (χ1) is 10.8. The zero-order chi connectivity index (χ0) is 16.8. The van der Waals surface area contributed by atoms with E-state index in [1.165, 1.54) is 15.9 Å². The van der Waals surface area contributed by atoms with Crippen molar-refractivity contribution in [2.75, 3.05) is 11.8 Å². The molecule has 0 aliphatic carbocycles. The van der Waals surface area contributed by atoms with Crippen molar-refractivity contribution in [3.8, 4) is 5.75 Å². The molecule has 0 radical (unpaired) electrons. The van der Waals surface area contributed by atoms with Gasteiger partial charge in [0, 0.05) is 0 Å². The van der Waals surface area contributed by atoms with Crippen LogP contribution in [0, 0.1) is 20.8 Å². The number of hydrogen-bond acceptors (Lipinski definition) is 6. The molecule has 0 aliphatic heterocycles. The summed E-state index contributed by atoms with van der Waals surface area (Å²) in [7, 11) is -2.24. The van der Waals surface area contributed by atoms with Gasteiger partial charge < -0.3 is 4.74 Å². The van der Waals surface area contributed by atoms with Gasteiger partial charge in [0.15, 0.2) is 0 Å². The Balaban J connectivity index is 2.06. The molecule has 0 aliphatic rings. The van der Waals surface area contributed by atoms with Gasteiger partial charge in [-0.1, -0.05) is 11.3 Å². The van der Waals surface area contributed by atoms with Crippen LogP contribution in [0.3, 0.4) is 0 Å². The molecular formula is C14H16N4O3S2. The van der Waals surface area contributed by atoms with Gasteiger partial charge in [0.1, 0.15) is 10.8 Å². The monoisotopic (exact) mass is 352 g/mol. The molecule has 0 spiro atoms. The van der Waals surface area contributed by atoms with Crippen molar-refractivity contribution in [1.29, 1.82) is 0 Å². The molecule has 0 bridgehead atoms. The van der Waals surface area contributed by atoms with Gasteiger partial charge in [-0.25, -0.2) is 4.98 Å². The molecule has 0 saturated heterocycles. The van der Waals surface area contributed by atoms with Gasteiger partial charge in [-0.3, -0.25) is 4.72 Å². The van der Waals surface area contributed by atoms with E-state index in [2.05, 4.69) is 14.8 Å². The number of nitrogens with one attached hydrogen (secondary N) is 1. The van der Waals surface area contributed by atoms with Crippen molar-refractivity contribution >= 4 is 32.0 Å². The van der Waals surface area contributed by atoms with Crippen LogP contribution in [0.1, 0.15) is 16.3 Å². The van der Waals surface area contributed by atoms with Gasteiger partial charge in [0.2, 0.25) is 9.99 Å². The van der Waals surface area contributed by atoms with Crippen LogP contribution in [-0.4, -0.2) is 30.1 Å². The number of anilines is 1. The van der Waals surface area contributed by atoms with Crippen LogP contribution in [0.5, 0.6) is 5.75 Å². The third-order valence-electron chi connectivity index (χ3n) is 3.36. The molecule has 2 heterocycles. The number of benzene rings is 1. The summed E-state index contributed by atoms with van der Waals surface area (Å²) in [6, 6.07) is 5.14. The zero-order valence-electron chi connectivity index (χ0n) is 13.1. The highest BCUT2D eigenvalue weighted by atomic mass is 32.2. The summed E-state index contributed by atoms with van der Waals surface area (Å²) in [5, 5.41) is 5.04. The SMILES string of the molecule is COc1ccc(NS(=O)(=O)c2c(C)nc3sc(C)nn23)c(C)c1. The fraction of sp³-hybridized carbons (Fsp3) is 0.286. The van der Waals surface area contributed by atoms with E-state index in [1.807, 2.05) is 13.8 Å². The molecule has 1 N–H and O–H groups in total. The third kappa shape index (κ3) is 2.77. The van der Waals surface area contributed by atoms with Crippen molar-refractivity contribution in [2.24, 2.45) is 0 Å². The largest absolute Gasteiger partial charge is 0.497 e. The number of imidazole rings is 1. The number of methoxy groups -OCH3 is 1. The molecule has 0 atom stereocenters. The second kappa shape index (κ2) is 5.50. The zero-order valence-corrected chi connectivity index (χ0v) is 14.7. The lowest BCUT2D eigenvalue weighted by Crippen LogP contribution is -2.17. The van der Waals surface area contributed by atoms with Crippen molar-refractivity contribution in [3.05, 3.63) is 34.5 Å². The summed E-state index contributed by atoms with van der Waals surface area (Å²) in [6.45, 7) is 5.28. The molecule has 0 fully saturated rings. The van der Waals surface area contributed by atoms with Gasteiger partial charge >= 0.3 is 0 Å². The van der Waals surface area contributed by atoms with Crippen molar-refractivity contribution in [1.82, 2.24) is 14.6 Å². The van der Waals surface area contributed by atoms with E-state index in [9.17, 15) is 8.42 Å². The maximum atomic E-state index is 12.8. The summed E-state index contributed by atoms with van der Waals surface area (Å²) in [4.78, 5) is 4.83. The van der Waals surface area contributed by atoms with Crippen LogP contribution in [-0.2, 0) is 10.0 Å². The van der Waals surface area contributed by atoms with Crippen molar-refractivity contribution in [3.63, 3.8) is 0 Å². The minimum Gasteiger partial charge on any atom is -0.497 e. The molecule has 2 aromatic heterocycles. The molecule has 3 aromatic rings. The molecule has 3 rings (SSSR count). The van der Waals surface area contributed by atoms with E-state index in [-0.39, 0.29) is 5.03 Å². The van der Waals surface area contributed by atoms with Crippen LogP contribution >= 0.6 is 11.3 Å². The van der Waals surface area contributed by atoms with Crippen LogP contribution in [0.15, 0.2) is 23.2 Å². The van der Waals surface area contributed by atoms with Crippen LogP contribution in [0.25, 0.3) is 4.96 Å². The Morgan fingerprint density at radius 1 is 1.26 bits per heavy atom. The summed E-state index contributed by atoms with van der Waals surface area (Å²) < 4.78 is 34.7. The average molecular weight is 352 g/mol. The Bertz CT molecular complexity index is 989. The molecule has 1 aromatic carbocycles. The summed E-state index contributed by atoms with van der Waals surface area (Å²) in [5.74, 6) is 0.670. The van der Waals surface area contributed by atoms with Gasteiger partial charge in [-0.2, -0.15) is 18.0 Å².